The number of nitrogens with two attached hydrogens (primary N) is 1. The largest absolute Gasteiger partial charge is 0.384 e. The van der Waals surface area contributed by atoms with E-state index in [0.717, 1.165) is 37.6 Å². The first-order chi connectivity index (χ1) is 9.72. The van der Waals surface area contributed by atoms with Crippen molar-refractivity contribution >= 4 is 5.82 Å². The second kappa shape index (κ2) is 5.67. The lowest BCUT2D eigenvalue weighted by Gasteiger charge is -2.33. The molecule has 0 saturated carbocycles. The molecule has 0 bridgehead atoms. The van der Waals surface area contributed by atoms with Crippen LogP contribution in [-0.2, 0) is 6.54 Å². The Bertz CT molecular complexity index is 561. The Kier molecular flexibility index (Phi) is 3.74. The van der Waals surface area contributed by atoms with Gasteiger partial charge in [0.25, 0.3) is 0 Å². The van der Waals surface area contributed by atoms with Gasteiger partial charge in [-0.3, -0.25) is 4.90 Å². The van der Waals surface area contributed by atoms with Crippen molar-refractivity contribution in [3.8, 4) is 0 Å². The Labute approximate surface area is 120 Å². The van der Waals surface area contributed by atoms with Crippen molar-refractivity contribution in [3.63, 3.8) is 0 Å². The highest BCUT2D eigenvalue weighted by Gasteiger charge is 2.23. The maximum absolute atomic E-state index is 6.05. The van der Waals surface area contributed by atoms with E-state index in [1.807, 2.05) is 17.7 Å². The first-order valence-corrected chi connectivity index (χ1v) is 7.30. The highest BCUT2D eigenvalue weighted by molar-refractivity contribution is 5.31. The van der Waals surface area contributed by atoms with Gasteiger partial charge in [0.15, 0.2) is 0 Å². The highest BCUT2D eigenvalue weighted by atomic mass is 15.3. The van der Waals surface area contributed by atoms with Crippen LogP contribution < -0.4 is 5.73 Å². The standard InChI is InChI=1S/C16H22N4/c1-13-10-16(17)20(18-13)15-8-5-9-19(12-15)11-14-6-3-2-4-7-14/h2-4,6-7,10,15H,5,8-9,11-12,17H2,1H3. The van der Waals surface area contributed by atoms with Crippen LogP contribution in [0.3, 0.4) is 0 Å². The molecule has 106 valence electrons. The summed E-state index contributed by atoms with van der Waals surface area (Å²) < 4.78 is 2.01. The zero-order valence-electron chi connectivity index (χ0n) is 12.0. The predicted octanol–water partition coefficient (Wildman–Crippen LogP) is 2.61. The van der Waals surface area contributed by atoms with E-state index in [1.54, 1.807) is 0 Å². The summed E-state index contributed by atoms with van der Waals surface area (Å²) in [6.07, 6.45) is 2.37. The van der Waals surface area contributed by atoms with Gasteiger partial charge in [0, 0.05) is 19.2 Å². The zero-order valence-corrected chi connectivity index (χ0v) is 12.0. The van der Waals surface area contributed by atoms with E-state index in [4.69, 9.17) is 5.73 Å². The minimum Gasteiger partial charge on any atom is -0.384 e. The molecule has 3 rings (SSSR count). The molecule has 0 radical (unpaired) electrons. The highest BCUT2D eigenvalue weighted by Crippen LogP contribution is 2.25. The molecule has 1 saturated heterocycles. The summed E-state index contributed by atoms with van der Waals surface area (Å²) in [5, 5.41) is 4.54. The Morgan fingerprint density at radius 3 is 2.80 bits per heavy atom. The second-order valence-corrected chi connectivity index (χ2v) is 5.67. The lowest BCUT2D eigenvalue weighted by atomic mass is 10.0. The lowest BCUT2D eigenvalue weighted by Crippen LogP contribution is -2.36. The average Bonchev–Trinajstić information content (AvgIpc) is 2.79. The maximum Gasteiger partial charge on any atom is 0.122 e. The van der Waals surface area contributed by atoms with Gasteiger partial charge in [-0.05, 0) is 31.9 Å². The molecule has 1 atom stereocenters. The van der Waals surface area contributed by atoms with Gasteiger partial charge in [0.05, 0.1) is 11.7 Å². The van der Waals surface area contributed by atoms with Crippen molar-refractivity contribution in [2.45, 2.75) is 32.4 Å². The van der Waals surface area contributed by atoms with Gasteiger partial charge in [-0.2, -0.15) is 5.10 Å². The minimum absolute atomic E-state index is 0.404. The summed E-state index contributed by atoms with van der Waals surface area (Å²) in [5.41, 5.74) is 8.43. The van der Waals surface area contributed by atoms with E-state index in [0.29, 0.717) is 6.04 Å². The molecular weight excluding hydrogens is 248 g/mol. The molecule has 1 unspecified atom stereocenters. The molecule has 0 spiro atoms. The van der Waals surface area contributed by atoms with Gasteiger partial charge in [-0.1, -0.05) is 30.3 Å². The van der Waals surface area contributed by atoms with Crippen molar-refractivity contribution in [3.05, 3.63) is 47.7 Å². The average molecular weight is 270 g/mol. The van der Waals surface area contributed by atoms with Crippen molar-refractivity contribution in [1.82, 2.24) is 14.7 Å². The third-order valence-corrected chi connectivity index (χ3v) is 3.96. The van der Waals surface area contributed by atoms with Crippen LogP contribution in [-0.4, -0.2) is 27.8 Å². The van der Waals surface area contributed by atoms with E-state index < -0.39 is 0 Å². The summed E-state index contributed by atoms with van der Waals surface area (Å²) in [7, 11) is 0. The van der Waals surface area contributed by atoms with Gasteiger partial charge < -0.3 is 5.73 Å². The summed E-state index contributed by atoms with van der Waals surface area (Å²) in [4.78, 5) is 2.50. The fourth-order valence-electron chi connectivity index (χ4n) is 3.05. The van der Waals surface area contributed by atoms with E-state index in [2.05, 4.69) is 40.3 Å². The monoisotopic (exact) mass is 270 g/mol. The van der Waals surface area contributed by atoms with Crippen LogP contribution in [0.4, 0.5) is 5.82 Å². The first-order valence-electron chi connectivity index (χ1n) is 7.30. The summed E-state index contributed by atoms with van der Waals surface area (Å²) in [5.74, 6) is 0.786. The molecular formula is C16H22N4. The van der Waals surface area contributed by atoms with E-state index in [9.17, 15) is 0 Å². The molecule has 0 aliphatic carbocycles. The van der Waals surface area contributed by atoms with Gasteiger partial charge in [-0.25, -0.2) is 4.68 Å². The third-order valence-electron chi connectivity index (χ3n) is 3.96. The number of hydrogen-bond donors (Lipinski definition) is 1. The molecule has 2 N–H and O–H groups in total. The number of hydrogen-bond acceptors (Lipinski definition) is 3. The van der Waals surface area contributed by atoms with Gasteiger partial charge in [0.2, 0.25) is 0 Å². The molecule has 4 nitrogen and oxygen atoms in total. The number of likely N-dealkylation sites (tertiary alicyclic amines) is 1. The SMILES string of the molecule is Cc1cc(N)n(C2CCCN(Cc3ccccc3)C2)n1. The molecule has 20 heavy (non-hydrogen) atoms. The number of nitrogen functional groups attached to an aromatic ring is 1. The molecule has 1 aliphatic rings. The normalized spacial score (nSPS) is 20.1. The van der Waals surface area contributed by atoms with Crippen molar-refractivity contribution in [1.29, 1.82) is 0 Å². The maximum atomic E-state index is 6.05. The Morgan fingerprint density at radius 1 is 1.30 bits per heavy atom. The summed E-state index contributed by atoms with van der Waals surface area (Å²) in [6, 6.07) is 13.0. The van der Waals surface area contributed by atoms with E-state index >= 15 is 0 Å². The molecule has 2 aromatic rings. The van der Waals surface area contributed by atoms with Crippen LogP contribution >= 0.6 is 0 Å². The number of anilines is 1. The lowest BCUT2D eigenvalue weighted by molar-refractivity contribution is 0.164. The smallest absolute Gasteiger partial charge is 0.122 e. The third kappa shape index (κ3) is 2.85. The number of aromatic nitrogens is 2. The summed E-state index contributed by atoms with van der Waals surface area (Å²) in [6.45, 7) is 5.20. The number of benzene rings is 1. The van der Waals surface area contributed by atoms with Crippen LogP contribution in [0.5, 0.6) is 0 Å². The quantitative estimate of drug-likeness (QED) is 0.932. The molecule has 2 heterocycles. The number of rotatable bonds is 3. The van der Waals surface area contributed by atoms with Crippen LogP contribution in [0.2, 0.25) is 0 Å². The number of piperidine rings is 1. The van der Waals surface area contributed by atoms with Crippen LogP contribution in [0.25, 0.3) is 0 Å². The Hall–Kier alpha value is -1.81. The molecule has 4 heteroatoms. The summed E-state index contributed by atoms with van der Waals surface area (Å²) >= 11 is 0. The predicted molar refractivity (Wildman–Crippen MR) is 81.4 cm³/mol. The Morgan fingerprint density at radius 2 is 2.10 bits per heavy atom. The molecule has 1 aromatic carbocycles. The second-order valence-electron chi connectivity index (χ2n) is 5.67. The van der Waals surface area contributed by atoms with Gasteiger partial charge in [0.1, 0.15) is 5.82 Å². The topological polar surface area (TPSA) is 47.1 Å². The molecule has 0 amide bonds. The molecule has 1 aliphatic heterocycles. The van der Waals surface area contributed by atoms with Gasteiger partial charge in [-0.15, -0.1) is 0 Å². The number of aryl methyl sites for hydroxylation is 1. The van der Waals surface area contributed by atoms with Crippen LogP contribution in [0, 0.1) is 6.92 Å². The first kappa shape index (κ1) is 13.2. The molecule has 1 fully saturated rings. The van der Waals surface area contributed by atoms with Crippen LogP contribution in [0.1, 0.15) is 30.1 Å². The van der Waals surface area contributed by atoms with E-state index in [-0.39, 0.29) is 0 Å². The van der Waals surface area contributed by atoms with Crippen molar-refractivity contribution in [2.24, 2.45) is 0 Å². The van der Waals surface area contributed by atoms with Crippen molar-refractivity contribution in [2.75, 3.05) is 18.8 Å². The zero-order chi connectivity index (χ0) is 13.9. The number of nitrogens with zero attached hydrogens (tertiary/aromatic N) is 3. The fourth-order valence-corrected chi connectivity index (χ4v) is 3.05. The molecule has 1 aromatic heterocycles. The Balaban J connectivity index is 1.69. The fraction of sp³-hybridized carbons (Fsp3) is 0.438. The van der Waals surface area contributed by atoms with E-state index in [1.165, 1.54) is 12.0 Å². The van der Waals surface area contributed by atoms with Gasteiger partial charge >= 0.3 is 0 Å². The van der Waals surface area contributed by atoms with Crippen LogP contribution in [0.15, 0.2) is 36.4 Å². The van der Waals surface area contributed by atoms with Crippen molar-refractivity contribution < 1.29 is 0 Å². The minimum atomic E-state index is 0.404.